The van der Waals surface area contributed by atoms with Crippen LogP contribution in [0, 0.1) is 0 Å². The molecule has 0 saturated heterocycles. The maximum Gasteiger partial charge on any atom is 0.0736 e. The van der Waals surface area contributed by atoms with Crippen LogP contribution in [0.2, 0.25) is 10.0 Å². The van der Waals surface area contributed by atoms with Crippen molar-refractivity contribution in [1.29, 1.82) is 0 Å². The average molecular weight is 282 g/mol. The monoisotopic (exact) mass is 281 g/mol. The minimum absolute atomic E-state index is 0.437. The fraction of sp³-hybridized carbons (Fsp3) is 0.143. The molecule has 0 bridgehead atoms. The second-order valence-corrected chi connectivity index (χ2v) is 4.81. The first-order chi connectivity index (χ1) is 8.65. The van der Waals surface area contributed by atoms with E-state index in [4.69, 9.17) is 33.7 Å². The van der Waals surface area contributed by atoms with E-state index in [1.54, 1.807) is 12.1 Å². The molecule has 4 heteroatoms. The molecule has 0 spiro atoms. The lowest BCUT2D eigenvalue weighted by Gasteiger charge is -2.07. The molecule has 2 aromatic rings. The first kappa shape index (κ1) is 13.2. The van der Waals surface area contributed by atoms with Gasteiger partial charge >= 0.3 is 0 Å². The summed E-state index contributed by atoms with van der Waals surface area (Å²) in [6, 6.07) is 12.9. The number of hydrogen-bond acceptors (Lipinski definition) is 2. The Bertz CT molecular complexity index is 526. The first-order valence-electron chi connectivity index (χ1n) is 5.51. The van der Waals surface area contributed by atoms with E-state index in [2.05, 4.69) is 0 Å². The first-order valence-corrected chi connectivity index (χ1v) is 6.27. The van der Waals surface area contributed by atoms with E-state index in [0.717, 1.165) is 16.1 Å². The highest BCUT2D eigenvalue weighted by molar-refractivity contribution is 6.31. The van der Waals surface area contributed by atoms with Crippen molar-refractivity contribution in [2.24, 2.45) is 0 Å². The van der Waals surface area contributed by atoms with Crippen LogP contribution in [-0.2, 0) is 18.0 Å². The molecule has 2 rings (SSSR count). The zero-order chi connectivity index (χ0) is 13.0. The molecule has 0 aliphatic rings. The Morgan fingerprint density at radius 3 is 2.39 bits per heavy atom. The lowest BCUT2D eigenvalue weighted by atomic mass is 10.2. The van der Waals surface area contributed by atoms with Crippen molar-refractivity contribution in [3.8, 4) is 0 Å². The number of nitrogens with two attached hydrogens (primary N) is 1. The maximum absolute atomic E-state index is 6.05. The van der Waals surface area contributed by atoms with Crippen LogP contribution < -0.4 is 5.73 Å². The summed E-state index contributed by atoms with van der Waals surface area (Å²) in [7, 11) is 0. The van der Waals surface area contributed by atoms with Crippen LogP contribution >= 0.6 is 23.2 Å². The Kier molecular flexibility index (Phi) is 4.48. The van der Waals surface area contributed by atoms with Crippen molar-refractivity contribution >= 4 is 28.9 Å². The predicted molar refractivity (Wildman–Crippen MR) is 75.8 cm³/mol. The van der Waals surface area contributed by atoms with Gasteiger partial charge in [0.1, 0.15) is 0 Å². The fourth-order valence-electron chi connectivity index (χ4n) is 1.56. The van der Waals surface area contributed by atoms with Crippen molar-refractivity contribution in [2.45, 2.75) is 13.2 Å². The smallest absolute Gasteiger partial charge is 0.0736 e. The quantitative estimate of drug-likeness (QED) is 0.849. The van der Waals surface area contributed by atoms with Gasteiger partial charge in [-0.05, 0) is 41.5 Å². The van der Waals surface area contributed by atoms with E-state index in [9.17, 15) is 0 Å². The second-order valence-electron chi connectivity index (χ2n) is 3.97. The third-order valence-electron chi connectivity index (χ3n) is 2.51. The largest absolute Gasteiger partial charge is 0.399 e. The summed E-state index contributed by atoms with van der Waals surface area (Å²) in [5.41, 5.74) is 8.35. The van der Waals surface area contributed by atoms with Crippen molar-refractivity contribution in [3.05, 3.63) is 63.6 Å². The Labute approximate surface area is 116 Å². The summed E-state index contributed by atoms with van der Waals surface area (Å²) in [6.45, 7) is 0.953. The van der Waals surface area contributed by atoms with E-state index in [1.165, 1.54) is 0 Å². The Morgan fingerprint density at radius 1 is 0.944 bits per heavy atom. The van der Waals surface area contributed by atoms with E-state index in [1.807, 2.05) is 30.3 Å². The van der Waals surface area contributed by atoms with Gasteiger partial charge in [0.2, 0.25) is 0 Å². The van der Waals surface area contributed by atoms with Crippen LogP contribution in [-0.4, -0.2) is 0 Å². The van der Waals surface area contributed by atoms with E-state index >= 15 is 0 Å². The highest BCUT2D eigenvalue weighted by atomic mass is 35.5. The molecular formula is C14H13Cl2NO. The van der Waals surface area contributed by atoms with Crippen LogP contribution in [0.25, 0.3) is 0 Å². The van der Waals surface area contributed by atoms with Gasteiger partial charge in [-0.15, -0.1) is 0 Å². The number of hydrogen-bond donors (Lipinski definition) is 1. The third-order valence-corrected chi connectivity index (χ3v) is 3.13. The molecule has 2 N–H and O–H groups in total. The topological polar surface area (TPSA) is 35.2 Å². The second kappa shape index (κ2) is 6.10. The minimum atomic E-state index is 0.437. The van der Waals surface area contributed by atoms with Gasteiger partial charge in [-0.3, -0.25) is 0 Å². The Morgan fingerprint density at radius 2 is 1.67 bits per heavy atom. The number of anilines is 1. The number of halogens is 2. The molecule has 94 valence electrons. The highest BCUT2D eigenvalue weighted by Gasteiger charge is 2.01. The molecule has 0 aliphatic heterocycles. The van der Waals surface area contributed by atoms with Crippen LogP contribution in [0.1, 0.15) is 11.1 Å². The highest BCUT2D eigenvalue weighted by Crippen LogP contribution is 2.20. The molecule has 18 heavy (non-hydrogen) atoms. The van der Waals surface area contributed by atoms with Gasteiger partial charge in [0.25, 0.3) is 0 Å². The molecule has 2 nitrogen and oxygen atoms in total. The van der Waals surface area contributed by atoms with Crippen molar-refractivity contribution in [3.63, 3.8) is 0 Å². The predicted octanol–water partition coefficient (Wildman–Crippen LogP) is 4.29. The fourth-order valence-corrected chi connectivity index (χ4v) is 1.86. The summed E-state index contributed by atoms with van der Waals surface area (Å²) < 4.78 is 5.60. The molecule has 0 unspecified atom stereocenters. The van der Waals surface area contributed by atoms with Crippen molar-refractivity contribution < 1.29 is 4.74 Å². The number of nitrogen functional groups attached to an aromatic ring is 1. The van der Waals surface area contributed by atoms with Gasteiger partial charge in [0.15, 0.2) is 0 Å². The minimum Gasteiger partial charge on any atom is -0.399 e. The van der Waals surface area contributed by atoms with E-state index in [-0.39, 0.29) is 0 Å². The van der Waals surface area contributed by atoms with E-state index < -0.39 is 0 Å². The summed E-state index contributed by atoms with van der Waals surface area (Å²) in [6.07, 6.45) is 0. The lowest BCUT2D eigenvalue weighted by molar-refractivity contribution is 0.107. The molecule has 0 fully saturated rings. The van der Waals surface area contributed by atoms with Gasteiger partial charge in [0.05, 0.1) is 13.2 Å². The van der Waals surface area contributed by atoms with Gasteiger partial charge in [-0.1, -0.05) is 35.3 Å². The average Bonchev–Trinajstić information content (AvgIpc) is 2.36. The van der Waals surface area contributed by atoms with Crippen molar-refractivity contribution in [1.82, 2.24) is 0 Å². The number of ether oxygens (including phenoxy) is 1. The van der Waals surface area contributed by atoms with Crippen molar-refractivity contribution in [2.75, 3.05) is 5.73 Å². The Balaban J connectivity index is 1.92. The molecule has 0 aliphatic carbocycles. The van der Waals surface area contributed by atoms with Gasteiger partial charge in [0, 0.05) is 15.7 Å². The van der Waals surface area contributed by atoms with Crippen LogP contribution in [0.4, 0.5) is 5.69 Å². The SMILES string of the molecule is Nc1ccc(Cl)c(COCc2ccc(Cl)cc2)c1. The molecule has 0 heterocycles. The lowest BCUT2D eigenvalue weighted by Crippen LogP contribution is -1.96. The zero-order valence-corrected chi connectivity index (χ0v) is 11.2. The summed E-state index contributed by atoms with van der Waals surface area (Å²) in [5, 5.41) is 1.39. The summed E-state index contributed by atoms with van der Waals surface area (Å²) in [5.74, 6) is 0. The third kappa shape index (κ3) is 3.64. The molecule has 2 aromatic carbocycles. The molecule has 0 atom stereocenters. The normalized spacial score (nSPS) is 10.6. The van der Waals surface area contributed by atoms with Gasteiger partial charge in [-0.2, -0.15) is 0 Å². The summed E-state index contributed by atoms with van der Waals surface area (Å²) in [4.78, 5) is 0. The number of rotatable bonds is 4. The molecule has 0 saturated carbocycles. The molecule has 0 radical (unpaired) electrons. The number of benzene rings is 2. The van der Waals surface area contributed by atoms with Crippen LogP contribution in [0.5, 0.6) is 0 Å². The van der Waals surface area contributed by atoms with Crippen LogP contribution in [0.3, 0.4) is 0 Å². The van der Waals surface area contributed by atoms with Crippen LogP contribution in [0.15, 0.2) is 42.5 Å². The van der Waals surface area contributed by atoms with Gasteiger partial charge in [-0.25, -0.2) is 0 Å². The molecule has 0 aromatic heterocycles. The molecule has 0 amide bonds. The zero-order valence-electron chi connectivity index (χ0n) is 9.70. The maximum atomic E-state index is 6.05. The van der Waals surface area contributed by atoms with E-state index in [0.29, 0.717) is 23.9 Å². The summed E-state index contributed by atoms with van der Waals surface area (Å²) >= 11 is 11.9. The Hall–Kier alpha value is -1.22. The van der Waals surface area contributed by atoms with Gasteiger partial charge < -0.3 is 10.5 Å². The molecular weight excluding hydrogens is 269 g/mol. The standard InChI is InChI=1S/C14H13Cl2NO/c15-12-3-1-10(2-4-12)8-18-9-11-7-13(17)5-6-14(11)16/h1-7H,8-9,17H2.